The minimum absolute atomic E-state index is 0.180. The lowest BCUT2D eigenvalue weighted by Crippen LogP contribution is -2.43. The van der Waals surface area contributed by atoms with Gasteiger partial charge in [0.1, 0.15) is 5.76 Å². The normalized spacial score (nSPS) is 27.1. The molecule has 0 aromatic carbocycles. The van der Waals surface area contributed by atoms with Gasteiger partial charge in [-0.15, -0.1) is 0 Å². The highest BCUT2D eigenvalue weighted by atomic mass is 16.5. The van der Waals surface area contributed by atoms with E-state index in [0.717, 1.165) is 36.3 Å². The highest BCUT2D eigenvalue weighted by Crippen LogP contribution is 2.25. The molecule has 3 atom stereocenters. The molecule has 4 heteroatoms. The van der Waals surface area contributed by atoms with E-state index in [1.54, 1.807) is 0 Å². The molecule has 2 N–H and O–H groups in total. The van der Waals surface area contributed by atoms with Crippen LogP contribution in [-0.2, 0) is 0 Å². The summed E-state index contributed by atoms with van der Waals surface area (Å²) in [5, 5.41) is 17.4. The van der Waals surface area contributed by atoms with Crippen molar-refractivity contribution in [1.82, 2.24) is 10.5 Å². The standard InChI is InChI=1S/C13H22N2O2/c1-8(13-9(2)15-17-10(13)3)14-11-6-4-5-7-12(11)16/h8,11-12,14,16H,4-7H2,1-3H3/t8?,11-,12-/m0/s1. The molecule has 0 amide bonds. The maximum Gasteiger partial charge on any atom is 0.138 e. The number of rotatable bonds is 3. The zero-order chi connectivity index (χ0) is 12.4. The van der Waals surface area contributed by atoms with Crippen LogP contribution in [0.3, 0.4) is 0 Å². The molecule has 1 aliphatic rings. The van der Waals surface area contributed by atoms with E-state index in [4.69, 9.17) is 4.52 Å². The average molecular weight is 238 g/mol. The van der Waals surface area contributed by atoms with E-state index in [-0.39, 0.29) is 18.2 Å². The van der Waals surface area contributed by atoms with Crippen molar-refractivity contribution in [3.8, 4) is 0 Å². The second kappa shape index (κ2) is 5.19. The Morgan fingerprint density at radius 3 is 2.65 bits per heavy atom. The molecule has 17 heavy (non-hydrogen) atoms. The van der Waals surface area contributed by atoms with Gasteiger partial charge in [-0.3, -0.25) is 0 Å². The Kier molecular flexibility index (Phi) is 3.84. The van der Waals surface area contributed by atoms with Crippen LogP contribution in [0.5, 0.6) is 0 Å². The van der Waals surface area contributed by atoms with Gasteiger partial charge in [0, 0.05) is 17.6 Å². The van der Waals surface area contributed by atoms with Crippen molar-refractivity contribution >= 4 is 0 Å². The topological polar surface area (TPSA) is 58.3 Å². The van der Waals surface area contributed by atoms with Crippen molar-refractivity contribution in [3.63, 3.8) is 0 Å². The molecule has 1 aromatic heterocycles. The van der Waals surface area contributed by atoms with Gasteiger partial charge in [-0.2, -0.15) is 0 Å². The van der Waals surface area contributed by atoms with E-state index >= 15 is 0 Å². The Morgan fingerprint density at radius 2 is 2.06 bits per heavy atom. The Labute approximate surface area is 102 Å². The summed E-state index contributed by atoms with van der Waals surface area (Å²) < 4.78 is 5.18. The summed E-state index contributed by atoms with van der Waals surface area (Å²) in [6, 6.07) is 0.381. The third-order valence-electron chi connectivity index (χ3n) is 3.72. The van der Waals surface area contributed by atoms with Crippen LogP contribution in [0.25, 0.3) is 0 Å². The fourth-order valence-electron chi connectivity index (χ4n) is 2.82. The van der Waals surface area contributed by atoms with Crippen LogP contribution >= 0.6 is 0 Å². The van der Waals surface area contributed by atoms with E-state index in [0.29, 0.717) is 0 Å². The Morgan fingerprint density at radius 1 is 1.35 bits per heavy atom. The van der Waals surface area contributed by atoms with Crippen molar-refractivity contribution in [2.24, 2.45) is 0 Å². The van der Waals surface area contributed by atoms with E-state index in [2.05, 4.69) is 17.4 Å². The first kappa shape index (κ1) is 12.6. The maximum absolute atomic E-state index is 9.95. The fourth-order valence-corrected chi connectivity index (χ4v) is 2.82. The molecule has 0 aliphatic heterocycles. The summed E-state index contributed by atoms with van der Waals surface area (Å²) in [4.78, 5) is 0. The maximum atomic E-state index is 9.95. The van der Waals surface area contributed by atoms with E-state index in [1.165, 1.54) is 6.42 Å². The Hall–Kier alpha value is -0.870. The molecule has 1 aliphatic carbocycles. The number of aryl methyl sites for hydroxylation is 2. The SMILES string of the molecule is Cc1noc(C)c1C(C)N[C@H]1CCCC[C@@H]1O. The molecular weight excluding hydrogens is 216 g/mol. The molecule has 1 saturated carbocycles. The molecule has 1 aromatic rings. The van der Waals surface area contributed by atoms with Gasteiger partial charge in [0.15, 0.2) is 0 Å². The summed E-state index contributed by atoms with van der Waals surface area (Å²) in [6.45, 7) is 6.00. The molecule has 1 heterocycles. The first-order chi connectivity index (χ1) is 8.09. The lowest BCUT2D eigenvalue weighted by atomic mass is 9.91. The van der Waals surface area contributed by atoms with Crippen molar-refractivity contribution in [2.75, 3.05) is 0 Å². The quantitative estimate of drug-likeness (QED) is 0.848. The van der Waals surface area contributed by atoms with Gasteiger partial charge in [-0.05, 0) is 33.6 Å². The first-order valence-corrected chi connectivity index (χ1v) is 6.46. The predicted octanol–water partition coefficient (Wildman–Crippen LogP) is 2.25. The lowest BCUT2D eigenvalue weighted by Gasteiger charge is -2.31. The van der Waals surface area contributed by atoms with E-state index in [1.807, 2.05) is 13.8 Å². The lowest BCUT2D eigenvalue weighted by molar-refractivity contribution is 0.0858. The molecule has 96 valence electrons. The molecule has 2 rings (SSSR count). The summed E-state index contributed by atoms with van der Waals surface area (Å²) in [6.07, 6.45) is 4.08. The number of aliphatic hydroxyl groups excluding tert-OH is 1. The fraction of sp³-hybridized carbons (Fsp3) is 0.769. The second-order valence-corrected chi connectivity index (χ2v) is 5.08. The largest absolute Gasteiger partial charge is 0.392 e. The molecule has 1 unspecified atom stereocenters. The van der Waals surface area contributed by atoms with Gasteiger partial charge in [-0.1, -0.05) is 18.0 Å². The van der Waals surface area contributed by atoms with Crippen LogP contribution in [0.2, 0.25) is 0 Å². The van der Waals surface area contributed by atoms with Gasteiger partial charge >= 0.3 is 0 Å². The smallest absolute Gasteiger partial charge is 0.138 e. The van der Waals surface area contributed by atoms with Crippen LogP contribution in [-0.4, -0.2) is 22.4 Å². The number of aromatic nitrogens is 1. The highest BCUT2D eigenvalue weighted by Gasteiger charge is 2.26. The summed E-state index contributed by atoms with van der Waals surface area (Å²) in [5.41, 5.74) is 2.07. The third kappa shape index (κ3) is 2.69. The van der Waals surface area contributed by atoms with Gasteiger partial charge in [0.05, 0.1) is 11.8 Å². The zero-order valence-electron chi connectivity index (χ0n) is 10.9. The zero-order valence-corrected chi connectivity index (χ0v) is 10.9. The van der Waals surface area contributed by atoms with Gasteiger partial charge < -0.3 is 14.9 Å². The summed E-state index contributed by atoms with van der Waals surface area (Å²) >= 11 is 0. The van der Waals surface area contributed by atoms with Crippen LogP contribution in [0.4, 0.5) is 0 Å². The van der Waals surface area contributed by atoms with Crippen LogP contribution < -0.4 is 5.32 Å². The Balaban J connectivity index is 2.03. The highest BCUT2D eigenvalue weighted by molar-refractivity contribution is 5.24. The average Bonchev–Trinajstić information content (AvgIpc) is 2.62. The number of nitrogens with one attached hydrogen (secondary N) is 1. The number of aliphatic hydroxyl groups is 1. The van der Waals surface area contributed by atoms with Crippen molar-refractivity contribution < 1.29 is 9.63 Å². The van der Waals surface area contributed by atoms with Crippen molar-refractivity contribution in [3.05, 3.63) is 17.0 Å². The molecular formula is C13H22N2O2. The summed E-state index contributed by atoms with van der Waals surface area (Å²) in [7, 11) is 0. The number of nitrogens with zero attached hydrogens (tertiary/aromatic N) is 1. The molecule has 0 bridgehead atoms. The van der Waals surface area contributed by atoms with Crippen LogP contribution in [0.15, 0.2) is 4.52 Å². The molecule has 4 nitrogen and oxygen atoms in total. The Bertz CT molecular complexity index is 356. The second-order valence-electron chi connectivity index (χ2n) is 5.08. The molecule has 0 spiro atoms. The molecule has 0 saturated heterocycles. The first-order valence-electron chi connectivity index (χ1n) is 6.46. The number of hydrogen-bond donors (Lipinski definition) is 2. The monoisotopic (exact) mass is 238 g/mol. The van der Waals surface area contributed by atoms with Crippen molar-refractivity contribution in [1.29, 1.82) is 0 Å². The molecule has 0 radical (unpaired) electrons. The van der Waals surface area contributed by atoms with Crippen LogP contribution in [0.1, 0.15) is 55.7 Å². The minimum Gasteiger partial charge on any atom is -0.392 e. The van der Waals surface area contributed by atoms with Crippen LogP contribution in [0, 0.1) is 13.8 Å². The van der Waals surface area contributed by atoms with Crippen molar-refractivity contribution in [2.45, 2.75) is 64.6 Å². The van der Waals surface area contributed by atoms with Gasteiger partial charge in [-0.25, -0.2) is 0 Å². The minimum atomic E-state index is -0.216. The summed E-state index contributed by atoms with van der Waals surface area (Å²) in [5.74, 6) is 0.868. The van der Waals surface area contributed by atoms with Gasteiger partial charge in [0.2, 0.25) is 0 Å². The van der Waals surface area contributed by atoms with Gasteiger partial charge in [0.25, 0.3) is 0 Å². The van der Waals surface area contributed by atoms with E-state index in [9.17, 15) is 5.11 Å². The number of hydrogen-bond acceptors (Lipinski definition) is 4. The third-order valence-corrected chi connectivity index (χ3v) is 3.72. The predicted molar refractivity (Wildman–Crippen MR) is 65.8 cm³/mol. The molecule has 1 fully saturated rings. The van der Waals surface area contributed by atoms with E-state index < -0.39 is 0 Å².